The zero-order valence-electron chi connectivity index (χ0n) is 13.9. The molecule has 0 saturated carbocycles. The van der Waals surface area contributed by atoms with Crippen molar-refractivity contribution in [1.82, 2.24) is 10.2 Å². The van der Waals surface area contributed by atoms with E-state index in [9.17, 15) is 4.79 Å². The average molecular weight is 327 g/mol. The second-order valence-electron chi connectivity index (χ2n) is 6.12. The van der Waals surface area contributed by atoms with Gasteiger partial charge in [-0.25, -0.2) is 0 Å². The van der Waals surface area contributed by atoms with Gasteiger partial charge in [0.25, 0.3) is 5.91 Å². The van der Waals surface area contributed by atoms with Crippen molar-refractivity contribution in [3.63, 3.8) is 0 Å². The Hall–Kier alpha value is -1.26. The normalized spacial score (nSPS) is 18.0. The summed E-state index contributed by atoms with van der Waals surface area (Å²) in [6.45, 7) is 11.0. The van der Waals surface area contributed by atoms with Gasteiger partial charge in [-0.15, -0.1) is 12.4 Å². The fourth-order valence-corrected chi connectivity index (χ4v) is 2.68. The van der Waals surface area contributed by atoms with Crippen molar-refractivity contribution >= 4 is 18.3 Å². The van der Waals surface area contributed by atoms with E-state index in [0.717, 1.165) is 36.5 Å². The van der Waals surface area contributed by atoms with Crippen LogP contribution in [-0.2, 0) is 4.79 Å². The standard InChI is InChI=1S/C17H26N2O2.ClH/c1-12(2)15-6-5-13(3)9-16(15)21-11-17(20)19-8-7-18-10-14(19)4;/h5-6,9,12,14,18H,7-8,10-11H2,1-4H3;1H/t14-;/m1./s1. The van der Waals surface area contributed by atoms with Gasteiger partial charge in [-0.05, 0) is 37.0 Å². The zero-order chi connectivity index (χ0) is 15.4. The molecule has 1 atom stereocenters. The third-order valence-corrected chi connectivity index (χ3v) is 3.96. The lowest BCUT2D eigenvalue weighted by atomic mass is 10.0. The van der Waals surface area contributed by atoms with E-state index < -0.39 is 0 Å². The van der Waals surface area contributed by atoms with E-state index >= 15 is 0 Å². The Morgan fingerprint density at radius 2 is 2.18 bits per heavy atom. The van der Waals surface area contributed by atoms with Crippen molar-refractivity contribution < 1.29 is 9.53 Å². The molecular weight excluding hydrogens is 300 g/mol. The number of aryl methyl sites for hydroxylation is 1. The molecule has 1 saturated heterocycles. The molecule has 1 fully saturated rings. The number of halogens is 1. The van der Waals surface area contributed by atoms with Crippen LogP contribution in [0.3, 0.4) is 0 Å². The maximum absolute atomic E-state index is 12.3. The summed E-state index contributed by atoms with van der Waals surface area (Å²) in [5.41, 5.74) is 2.30. The fraction of sp³-hybridized carbons (Fsp3) is 0.588. The van der Waals surface area contributed by atoms with E-state index in [0.29, 0.717) is 5.92 Å². The van der Waals surface area contributed by atoms with Gasteiger partial charge < -0.3 is 15.0 Å². The van der Waals surface area contributed by atoms with Gasteiger partial charge in [0.05, 0.1) is 0 Å². The molecule has 1 N–H and O–H groups in total. The first-order chi connectivity index (χ1) is 9.99. The van der Waals surface area contributed by atoms with Crippen molar-refractivity contribution in [1.29, 1.82) is 0 Å². The number of nitrogens with one attached hydrogen (secondary N) is 1. The molecule has 1 aromatic rings. The molecule has 1 amide bonds. The largest absolute Gasteiger partial charge is 0.483 e. The molecule has 0 radical (unpaired) electrons. The number of carbonyl (C=O) groups is 1. The molecular formula is C17H27ClN2O2. The Kier molecular flexibility index (Phi) is 7.17. The predicted molar refractivity (Wildman–Crippen MR) is 92.1 cm³/mol. The molecule has 5 heteroatoms. The molecule has 2 rings (SSSR count). The summed E-state index contributed by atoms with van der Waals surface area (Å²) in [6, 6.07) is 6.43. The van der Waals surface area contributed by atoms with Gasteiger partial charge in [-0.3, -0.25) is 4.79 Å². The SMILES string of the molecule is Cc1ccc(C(C)C)c(OCC(=O)N2CCNC[C@H]2C)c1.Cl. The van der Waals surface area contributed by atoms with Crippen LogP contribution in [0, 0.1) is 6.92 Å². The summed E-state index contributed by atoms with van der Waals surface area (Å²) < 4.78 is 5.83. The Balaban J connectivity index is 0.00000242. The van der Waals surface area contributed by atoms with Crippen molar-refractivity contribution in [2.45, 2.75) is 39.7 Å². The van der Waals surface area contributed by atoms with E-state index in [1.54, 1.807) is 0 Å². The minimum absolute atomic E-state index is 0. The maximum atomic E-state index is 12.3. The Morgan fingerprint density at radius 1 is 1.45 bits per heavy atom. The predicted octanol–water partition coefficient (Wildman–Crippen LogP) is 2.74. The molecule has 0 spiro atoms. The van der Waals surface area contributed by atoms with Crippen LogP contribution in [0.25, 0.3) is 0 Å². The molecule has 22 heavy (non-hydrogen) atoms. The summed E-state index contributed by atoms with van der Waals surface area (Å²) >= 11 is 0. The molecule has 1 heterocycles. The third-order valence-electron chi connectivity index (χ3n) is 3.96. The van der Waals surface area contributed by atoms with Gasteiger partial charge in [0.15, 0.2) is 6.61 Å². The Labute approximate surface area is 139 Å². The van der Waals surface area contributed by atoms with Crippen molar-refractivity contribution in [2.75, 3.05) is 26.2 Å². The van der Waals surface area contributed by atoms with Crippen molar-refractivity contribution in [3.05, 3.63) is 29.3 Å². The number of carbonyl (C=O) groups excluding carboxylic acids is 1. The number of hydrogen-bond acceptors (Lipinski definition) is 3. The van der Waals surface area contributed by atoms with Crippen LogP contribution < -0.4 is 10.1 Å². The van der Waals surface area contributed by atoms with Gasteiger partial charge in [0.2, 0.25) is 0 Å². The molecule has 0 bridgehead atoms. The lowest BCUT2D eigenvalue weighted by Crippen LogP contribution is -2.53. The second kappa shape index (κ2) is 8.39. The van der Waals surface area contributed by atoms with E-state index in [4.69, 9.17) is 4.74 Å². The summed E-state index contributed by atoms with van der Waals surface area (Å²) in [6.07, 6.45) is 0. The highest BCUT2D eigenvalue weighted by Crippen LogP contribution is 2.27. The Bertz CT molecular complexity index is 505. The van der Waals surface area contributed by atoms with E-state index in [2.05, 4.69) is 38.2 Å². The molecule has 1 aliphatic rings. The molecule has 4 nitrogen and oxygen atoms in total. The number of piperazine rings is 1. The highest BCUT2D eigenvalue weighted by Gasteiger charge is 2.23. The zero-order valence-corrected chi connectivity index (χ0v) is 14.7. The lowest BCUT2D eigenvalue weighted by Gasteiger charge is -2.34. The van der Waals surface area contributed by atoms with Gasteiger partial charge in [-0.1, -0.05) is 26.0 Å². The minimum atomic E-state index is 0. The Morgan fingerprint density at radius 3 is 2.82 bits per heavy atom. The summed E-state index contributed by atoms with van der Waals surface area (Å²) in [7, 11) is 0. The average Bonchev–Trinajstić information content (AvgIpc) is 2.45. The highest BCUT2D eigenvalue weighted by atomic mass is 35.5. The van der Waals surface area contributed by atoms with E-state index in [1.807, 2.05) is 17.9 Å². The number of rotatable bonds is 4. The van der Waals surface area contributed by atoms with Crippen LogP contribution in [0.4, 0.5) is 0 Å². The first-order valence-electron chi connectivity index (χ1n) is 7.72. The van der Waals surface area contributed by atoms with Crippen LogP contribution in [0.15, 0.2) is 18.2 Å². The number of ether oxygens (including phenoxy) is 1. The van der Waals surface area contributed by atoms with Crippen LogP contribution in [-0.4, -0.2) is 43.1 Å². The molecule has 1 aliphatic heterocycles. The molecule has 0 aliphatic carbocycles. The van der Waals surface area contributed by atoms with Gasteiger partial charge in [0.1, 0.15) is 5.75 Å². The van der Waals surface area contributed by atoms with E-state index in [-0.39, 0.29) is 31.0 Å². The number of nitrogens with zero attached hydrogens (tertiary/aromatic N) is 1. The molecule has 124 valence electrons. The number of amides is 1. The number of hydrogen-bond donors (Lipinski definition) is 1. The van der Waals surface area contributed by atoms with Crippen LogP contribution >= 0.6 is 12.4 Å². The highest BCUT2D eigenvalue weighted by molar-refractivity contribution is 5.85. The fourth-order valence-electron chi connectivity index (χ4n) is 2.68. The molecule has 0 aromatic heterocycles. The molecule has 0 unspecified atom stereocenters. The van der Waals surface area contributed by atoms with Crippen molar-refractivity contribution in [3.8, 4) is 5.75 Å². The summed E-state index contributed by atoms with van der Waals surface area (Å²) in [4.78, 5) is 14.2. The van der Waals surface area contributed by atoms with E-state index in [1.165, 1.54) is 0 Å². The monoisotopic (exact) mass is 326 g/mol. The maximum Gasteiger partial charge on any atom is 0.260 e. The van der Waals surface area contributed by atoms with Gasteiger partial charge >= 0.3 is 0 Å². The van der Waals surface area contributed by atoms with Crippen LogP contribution in [0.2, 0.25) is 0 Å². The van der Waals surface area contributed by atoms with Crippen molar-refractivity contribution in [2.24, 2.45) is 0 Å². The summed E-state index contributed by atoms with van der Waals surface area (Å²) in [5.74, 6) is 1.29. The van der Waals surface area contributed by atoms with Gasteiger partial charge in [0, 0.05) is 25.7 Å². The number of benzene rings is 1. The van der Waals surface area contributed by atoms with Gasteiger partial charge in [-0.2, -0.15) is 0 Å². The quantitative estimate of drug-likeness (QED) is 0.925. The second-order valence-corrected chi connectivity index (χ2v) is 6.12. The third kappa shape index (κ3) is 4.62. The lowest BCUT2D eigenvalue weighted by molar-refractivity contribution is -0.136. The topological polar surface area (TPSA) is 41.6 Å². The summed E-state index contributed by atoms with van der Waals surface area (Å²) in [5, 5.41) is 3.29. The smallest absolute Gasteiger partial charge is 0.260 e. The molecule has 1 aromatic carbocycles. The van der Waals surface area contributed by atoms with Crippen LogP contribution in [0.1, 0.15) is 37.8 Å². The minimum Gasteiger partial charge on any atom is -0.483 e. The first-order valence-corrected chi connectivity index (χ1v) is 7.72. The first kappa shape index (κ1) is 18.8. The van der Waals surface area contributed by atoms with Crippen LogP contribution in [0.5, 0.6) is 5.75 Å².